The highest BCUT2D eigenvalue weighted by molar-refractivity contribution is 6.33. The van der Waals surface area contributed by atoms with Crippen molar-refractivity contribution in [2.24, 2.45) is 5.84 Å². The number of hydrazine groups is 1. The van der Waals surface area contributed by atoms with E-state index in [2.05, 4.69) is 25.9 Å². The Morgan fingerprint density at radius 2 is 2.21 bits per heavy atom. The number of carbonyl (C=O) groups is 1. The van der Waals surface area contributed by atoms with Crippen LogP contribution in [0.25, 0.3) is 0 Å². The summed E-state index contributed by atoms with van der Waals surface area (Å²) in [6, 6.07) is 6.60. The number of nitrogens with two attached hydrogens (primary N) is 1. The highest BCUT2D eigenvalue weighted by Crippen LogP contribution is 2.16. The fraction of sp³-hybridized carbons (Fsp3) is 0.0909. The van der Waals surface area contributed by atoms with E-state index in [1.54, 1.807) is 30.5 Å². The molecule has 8 heteroatoms. The van der Waals surface area contributed by atoms with Crippen LogP contribution in [0.4, 0.5) is 5.82 Å². The molecule has 1 amide bonds. The summed E-state index contributed by atoms with van der Waals surface area (Å²) in [4.78, 5) is 15.9. The first-order valence-electron chi connectivity index (χ1n) is 5.38. The monoisotopic (exact) mass is 278 g/mol. The Hall–Kier alpha value is -2.25. The number of halogens is 1. The molecule has 2 heterocycles. The number of nitrogens with one attached hydrogen (secondary N) is 2. The number of rotatable bonds is 4. The molecule has 0 saturated heterocycles. The second-order valence-electron chi connectivity index (χ2n) is 3.57. The Morgan fingerprint density at radius 3 is 2.89 bits per heavy atom. The lowest BCUT2D eigenvalue weighted by atomic mass is 10.3. The van der Waals surface area contributed by atoms with E-state index in [9.17, 15) is 4.79 Å². The average Bonchev–Trinajstić information content (AvgIpc) is 2.46. The fourth-order valence-corrected chi connectivity index (χ4v) is 1.56. The molecule has 0 radical (unpaired) electrons. The van der Waals surface area contributed by atoms with Gasteiger partial charge in [0.25, 0.3) is 5.91 Å². The Kier molecular flexibility index (Phi) is 4.22. The summed E-state index contributed by atoms with van der Waals surface area (Å²) in [5.41, 5.74) is 3.09. The minimum atomic E-state index is -0.409. The van der Waals surface area contributed by atoms with Crippen LogP contribution < -0.4 is 16.6 Å². The van der Waals surface area contributed by atoms with Crippen molar-refractivity contribution in [1.82, 2.24) is 20.5 Å². The predicted octanol–water partition coefficient (Wildman–Crippen LogP) is 0.741. The SMILES string of the molecule is NNc1ccc(Cl)c(C(=O)NCc2cccnn2)n1. The van der Waals surface area contributed by atoms with E-state index in [0.29, 0.717) is 11.5 Å². The van der Waals surface area contributed by atoms with Gasteiger partial charge in [-0.15, -0.1) is 0 Å². The first-order valence-corrected chi connectivity index (χ1v) is 5.76. The first-order chi connectivity index (χ1) is 9.20. The van der Waals surface area contributed by atoms with Gasteiger partial charge in [0.2, 0.25) is 0 Å². The van der Waals surface area contributed by atoms with Crippen LogP contribution >= 0.6 is 11.6 Å². The predicted molar refractivity (Wildman–Crippen MR) is 70.3 cm³/mol. The van der Waals surface area contributed by atoms with Crippen LogP contribution in [0.15, 0.2) is 30.5 Å². The second kappa shape index (κ2) is 6.07. The van der Waals surface area contributed by atoms with Crippen molar-refractivity contribution < 1.29 is 4.79 Å². The number of anilines is 1. The maximum Gasteiger partial charge on any atom is 0.271 e. The molecule has 98 valence electrons. The van der Waals surface area contributed by atoms with Gasteiger partial charge < -0.3 is 10.7 Å². The zero-order chi connectivity index (χ0) is 13.7. The zero-order valence-corrected chi connectivity index (χ0v) is 10.6. The van der Waals surface area contributed by atoms with Gasteiger partial charge in [-0.25, -0.2) is 10.8 Å². The maximum atomic E-state index is 11.9. The molecule has 2 aromatic heterocycles. The number of nitrogens with zero attached hydrogens (tertiary/aromatic N) is 3. The van der Waals surface area contributed by atoms with Gasteiger partial charge >= 0.3 is 0 Å². The molecular weight excluding hydrogens is 268 g/mol. The number of carbonyl (C=O) groups excluding carboxylic acids is 1. The highest BCUT2D eigenvalue weighted by Gasteiger charge is 2.13. The van der Waals surface area contributed by atoms with E-state index in [0.717, 1.165) is 0 Å². The van der Waals surface area contributed by atoms with Crippen LogP contribution in [0.3, 0.4) is 0 Å². The average molecular weight is 279 g/mol. The smallest absolute Gasteiger partial charge is 0.271 e. The van der Waals surface area contributed by atoms with Crippen molar-refractivity contribution in [1.29, 1.82) is 0 Å². The summed E-state index contributed by atoms with van der Waals surface area (Å²) in [7, 11) is 0. The summed E-state index contributed by atoms with van der Waals surface area (Å²) >= 11 is 5.91. The number of hydrogen-bond donors (Lipinski definition) is 3. The normalized spacial score (nSPS) is 10.0. The number of hydrogen-bond acceptors (Lipinski definition) is 6. The molecule has 0 spiro atoms. The third-order valence-electron chi connectivity index (χ3n) is 2.27. The fourth-order valence-electron chi connectivity index (χ4n) is 1.36. The van der Waals surface area contributed by atoms with Crippen molar-refractivity contribution in [3.05, 3.63) is 46.9 Å². The van der Waals surface area contributed by atoms with Gasteiger partial charge in [0.05, 0.1) is 17.3 Å². The van der Waals surface area contributed by atoms with Crippen LogP contribution in [0.2, 0.25) is 5.02 Å². The zero-order valence-electron chi connectivity index (χ0n) is 9.80. The van der Waals surface area contributed by atoms with Crippen LogP contribution in [-0.2, 0) is 6.54 Å². The minimum Gasteiger partial charge on any atom is -0.345 e. The molecule has 0 aromatic carbocycles. The van der Waals surface area contributed by atoms with E-state index in [-0.39, 0.29) is 17.3 Å². The van der Waals surface area contributed by atoms with Crippen molar-refractivity contribution >= 4 is 23.3 Å². The molecule has 19 heavy (non-hydrogen) atoms. The molecule has 2 rings (SSSR count). The van der Waals surface area contributed by atoms with Gasteiger partial charge in [-0.2, -0.15) is 10.2 Å². The summed E-state index contributed by atoms with van der Waals surface area (Å²) in [5.74, 6) is 5.17. The van der Waals surface area contributed by atoms with Crippen molar-refractivity contribution in [2.75, 3.05) is 5.43 Å². The van der Waals surface area contributed by atoms with Gasteiger partial charge in [-0.05, 0) is 24.3 Å². The van der Waals surface area contributed by atoms with Gasteiger partial charge in [-0.3, -0.25) is 4.79 Å². The molecule has 0 bridgehead atoms. The van der Waals surface area contributed by atoms with E-state index < -0.39 is 5.91 Å². The third kappa shape index (κ3) is 3.36. The van der Waals surface area contributed by atoms with Crippen molar-refractivity contribution in [3.8, 4) is 0 Å². The molecule has 0 aliphatic heterocycles. The number of nitrogen functional groups attached to an aromatic ring is 1. The summed E-state index contributed by atoms with van der Waals surface area (Å²) in [5, 5.41) is 10.5. The minimum absolute atomic E-state index is 0.0982. The highest BCUT2D eigenvalue weighted by atomic mass is 35.5. The Labute approximate surface area is 114 Å². The number of pyridine rings is 1. The van der Waals surface area contributed by atoms with Crippen LogP contribution in [-0.4, -0.2) is 21.1 Å². The summed E-state index contributed by atoms with van der Waals surface area (Å²) in [6.45, 7) is 0.241. The van der Waals surface area contributed by atoms with Crippen LogP contribution in [0.5, 0.6) is 0 Å². The second-order valence-corrected chi connectivity index (χ2v) is 3.98. The Bertz CT molecular complexity index is 577. The van der Waals surface area contributed by atoms with Gasteiger partial charge in [0.15, 0.2) is 0 Å². The molecule has 0 atom stereocenters. The molecule has 4 N–H and O–H groups in total. The molecule has 7 nitrogen and oxygen atoms in total. The van der Waals surface area contributed by atoms with Crippen molar-refractivity contribution in [2.45, 2.75) is 6.54 Å². The Morgan fingerprint density at radius 1 is 1.37 bits per heavy atom. The van der Waals surface area contributed by atoms with E-state index in [1.165, 1.54) is 0 Å². The molecule has 0 unspecified atom stereocenters. The molecule has 2 aromatic rings. The quantitative estimate of drug-likeness (QED) is 0.563. The molecule has 0 fully saturated rings. The van der Waals surface area contributed by atoms with Crippen molar-refractivity contribution in [3.63, 3.8) is 0 Å². The van der Waals surface area contributed by atoms with Gasteiger partial charge in [-0.1, -0.05) is 11.6 Å². The lowest BCUT2D eigenvalue weighted by molar-refractivity contribution is 0.0945. The first kappa shape index (κ1) is 13.2. The van der Waals surface area contributed by atoms with E-state index >= 15 is 0 Å². The maximum absolute atomic E-state index is 11.9. The molecule has 0 saturated carbocycles. The molecular formula is C11H11ClN6O. The number of aromatic nitrogens is 3. The largest absolute Gasteiger partial charge is 0.345 e. The summed E-state index contributed by atoms with van der Waals surface area (Å²) < 4.78 is 0. The lowest BCUT2D eigenvalue weighted by Gasteiger charge is -2.07. The summed E-state index contributed by atoms with van der Waals surface area (Å²) in [6.07, 6.45) is 1.56. The van der Waals surface area contributed by atoms with Gasteiger partial charge in [0.1, 0.15) is 11.5 Å². The lowest BCUT2D eigenvalue weighted by Crippen LogP contribution is -2.25. The molecule has 0 aliphatic rings. The van der Waals surface area contributed by atoms with E-state index in [1.807, 2.05) is 0 Å². The van der Waals surface area contributed by atoms with Crippen LogP contribution in [0, 0.1) is 0 Å². The number of amides is 1. The van der Waals surface area contributed by atoms with E-state index in [4.69, 9.17) is 17.4 Å². The Balaban J connectivity index is 2.08. The standard InChI is InChI=1S/C11H11ClN6O/c12-8-3-4-9(17-13)16-10(8)11(19)14-6-7-2-1-5-15-18-7/h1-5H,6,13H2,(H,14,19)(H,16,17). The van der Waals surface area contributed by atoms with Crippen LogP contribution in [0.1, 0.15) is 16.2 Å². The molecule has 0 aliphatic carbocycles. The topological polar surface area (TPSA) is 106 Å². The van der Waals surface area contributed by atoms with Gasteiger partial charge in [0, 0.05) is 6.20 Å². The third-order valence-corrected chi connectivity index (χ3v) is 2.57.